The van der Waals surface area contributed by atoms with E-state index in [0.29, 0.717) is 48.1 Å². The van der Waals surface area contributed by atoms with Crippen LogP contribution >= 0.6 is 0 Å². The number of imide groups is 1. The van der Waals surface area contributed by atoms with Gasteiger partial charge in [0.1, 0.15) is 18.8 Å². The maximum atomic E-state index is 14.4. The number of amides is 3. The van der Waals surface area contributed by atoms with Crippen LogP contribution in [0.1, 0.15) is 22.3 Å². The Morgan fingerprint density at radius 2 is 1.76 bits per heavy atom. The lowest BCUT2D eigenvalue weighted by Gasteiger charge is -2.30. The molecule has 2 unspecified atom stereocenters. The molecule has 41 heavy (non-hydrogen) atoms. The molecule has 0 bridgehead atoms. The molecule has 9 nitrogen and oxygen atoms in total. The van der Waals surface area contributed by atoms with E-state index in [9.17, 15) is 14.4 Å². The Morgan fingerprint density at radius 3 is 2.61 bits per heavy atom. The Bertz CT molecular complexity index is 1810. The smallest absolute Gasteiger partial charge is 0.250 e. The Kier molecular flexibility index (Phi) is 4.98. The summed E-state index contributed by atoms with van der Waals surface area (Å²) in [6.07, 6.45) is 2.41. The average Bonchev–Trinajstić information content (AvgIpc) is 3.69. The Balaban J connectivity index is 1.27. The molecule has 2 fully saturated rings. The van der Waals surface area contributed by atoms with Gasteiger partial charge in [-0.05, 0) is 55.2 Å². The van der Waals surface area contributed by atoms with Gasteiger partial charge in [-0.3, -0.25) is 19.7 Å². The van der Waals surface area contributed by atoms with Crippen LogP contribution in [-0.2, 0) is 26.3 Å². The molecule has 2 saturated heterocycles. The minimum absolute atomic E-state index is 0.303. The summed E-state index contributed by atoms with van der Waals surface area (Å²) in [6.45, 7) is 4.78. The van der Waals surface area contributed by atoms with Crippen molar-refractivity contribution < 1.29 is 23.9 Å². The number of H-pyrrole nitrogens is 1. The van der Waals surface area contributed by atoms with Crippen molar-refractivity contribution in [2.75, 3.05) is 23.4 Å². The number of nitrogens with zero attached hydrogens (tertiary/aromatic N) is 1. The topological polar surface area (TPSA) is 113 Å². The van der Waals surface area contributed by atoms with Crippen LogP contribution in [0.15, 0.2) is 60.8 Å². The molecule has 206 valence electrons. The van der Waals surface area contributed by atoms with E-state index in [4.69, 9.17) is 9.47 Å². The van der Waals surface area contributed by atoms with Gasteiger partial charge in [0.15, 0.2) is 11.5 Å². The van der Waals surface area contributed by atoms with Crippen molar-refractivity contribution in [1.29, 1.82) is 0 Å². The lowest BCUT2D eigenvalue weighted by Crippen LogP contribution is -2.53. The molecule has 0 saturated carbocycles. The molecule has 3 amide bonds. The number of hydrogen-bond donors (Lipinski definition) is 3. The highest BCUT2D eigenvalue weighted by Crippen LogP contribution is 2.55. The lowest BCUT2D eigenvalue weighted by atomic mass is 9.75. The molecule has 1 spiro atoms. The zero-order valence-electron chi connectivity index (χ0n) is 22.6. The largest absolute Gasteiger partial charge is 0.486 e. The number of aryl methyl sites for hydroxylation is 1. The van der Waals surface area contributed by atoms with Gasteiger partial charge in [-0.2, -0.15) is 0 Å². The molecule has 0 aliphatic carbocycles. The molecule has 4 aliphatic rings. The number of nitrogens with one attached hydrogen (secondary N) is 3. The van der Waals surface area contributed by atoms with E-state index in [1.807, 2.05) is 56.4 Å². The summed E-state index contributed by atoms with van der Waals surface area (Å²) in [4.78, 5) is 47.3. The number of hydrogen-bond acceptors (Lipinski definition) is 6. The summed E-state index contributed by atoms with van der Waals surface area (Å²) in [5, 5.41) is 7.68. The summed E-state index contributed by atoms with van der Waals surface area (Å²) in [6, 6.07) is 16.5. The van der Waals surface area contributed by atoms with Crippen molar-refractivity contribution in [1.82, 2.24) is 10.3 Å². The predicted octanol–water partition coefficient (Wildman–Crippen LogP) is 3.72. The zero-order valence-corrected chi connectivity index (χ0v) is 22.6. The summed E-state index contributed by atoms with van der Waals surface area (Å²) in [5.74, 6) is -1.62. The molecule has 8 rings (SSSR count). The van der Waals surface area contributed by atoms with Gasteiger partial charge >= 0.3 is 0 Å². The molecule has 3 N–H and O–H groups in total. The van der Waals surface area contributed by atoms with Gasteiger partial charge in [0.05, 0.1) is 17.5 Å². The number of fused-ring (bicyclic) bond motifs is 6. The predicted molar refractivity (Wildman–Crippen MR) is 152 cm³/mol. The maximum absolute atomic E-state index is 14.4. The van der Waals surface area contributed by atoms with E-state index in [2.05, 4.69) is 15.6 Å². The number of anilines is 2. The van der Waals surface area contributed by atoms with E-state index in [0.717, 1.165) is 27.6 Å². The molecule has 9 heteroatoms. The van der Waals surface area contributed by atoms with Crippen molar-refractivity contribution in [2.24, 2.45) is 11.8 Å². The van der Waals surface area contributed by atoms with Crippen LogP contribution in [0.2, 0.25) is 0 Å². The standard InChI is InChI=1S/C32H28N4O5/c1-16-7-9-21-28(17(16)2)34-31(39)32(21)27-26(23(35-32)13-18-15-33-22-6-4-3-5-20(18)22)29(37)36(30(27)38)19-8-10-24-25(14-19)41-12-11-40-24/h3-10,14-15,23,26-27,33,35H,11-13H2,1-2H3,(H,34,39)/t23?,26-,27+,32?/m1/s1. The van der Waals surface area contributed by atoms with Crippen molar-refractivity contribution >= 4 is 40.0 Å². The number of ether oxygens (including phenoxy) is 2. The van der Waals surface area contributed by atoms with Gasteiger partial charge in [-0.15, -0.1) is 0 Å². The molecule has 5 heterocycles. The van der Waals surface area contributed by atoms with Gasteiger partial charge in [-0.25, -0.2) is 4.90 Å². The Morgan fingerprint density at radius 1 is 0.951 bits per heavy atom. The van der Waals surface area contributed by atoms with Crippen LogP contribution in [0.4, 0.5) is 11.4 Å². The van der Waals surface area contributed by atoms with E-state index >= 15 is 0 Å². The van der Waals surface area contributed by atoms with Gasteiger partial charge < -0.3 is 19.8 Å². The third-order valence-electron chi connectivity index (χ3n) is 9.32. The van der Waals surface area contributed by atoms with E-state index in [1.165, 1.54) is 4.90 Å². The highest BCUT2D eigenvalue weighted by Gasteiger charge is 2.70. The molecular weight excluding hydrogens is 520 g/mol. The second-order valence-electron chi connectivity index (χ2n) is 11.3. The van der Waals surface area contributed by atoms with Crippen LogP contribution in [0.5, 0.6) is 11.5 Å². The number of aromatic nitrogens is 1. The van der Waals surface area contributed by atoms with Gasteiger partial charge in [0.2, 0.25) is 17.7 Å². The quantitative estimate of drug-likeness (QED) is 0.337. The maximum Gasteiger partial charge on any atom is 0.250 e. The first-order valence-electron chi connectivity index (χ1n) is 13.9. The number of aromatic amines is 1. The molecule has 4 aliphatic heterocycles. The first-order valence-corrected chi connectivity index (χ1v) is 13.9. The summed E-state index contributed by atoms with van der Waals surface area (Å²) >= 11 is 0. The van der Waals surface area contributed by atoms with Crippen LogP contribution in [0.3, 0.4) is 0 Å². The first-order chi connectivity index (χ1) is 19.9. The van der Waals surface area contributed by atoms with Gasteiger partial charge in [-0.1, -0.05) is 30.3 Å². The summed E-state index contributed by atoms with van der Waals surface area (Å²) < 4.78 is 11.4. The molecule has 3 aromatic carbocycles. The van der Waals surface area contributed by atoms with Crippen LogP contribution in [0.25, 0.3) is 10.9 Å². The van der Waals surface area contributed by atoms with E-state index in [-0.39, 0.29) is 11.8 Å². The highest BCUT2D eigenvalue weighted by atomic mass is 16.6. The molecule has 4 atom stereocenters. The second kappa shape index (κ2) is 8.44. The Labute approximate surface area is 235 Å². The van der Waals surface area contributed by atoms with Crippen LogP contribution < -0.4 is 25.0 Å². The third kappa shape index (κ3) is 3.18. The minimum Gasteiger partial charge on any atom is -0.486 e. The average molecular weight is 549 g/mol. The minimum atomic E-state index is -1.37. The number of carbonyl (C=O) groups excluding carboxylic acids is 3. The fraction of sp³-hybridized carbons (Fsp3) is 0.281. The monoisotopic (exact) mass is 548 g/mol. The summed E-state index contributed by atoms with van der Waals surface area (Å²) in [7, 11) is 0. The van der Waals surface area contributed by atoms with E-state index in [1.54, 1.807) is 18.2 Å². The second-order valence-corrected chi connectivity index (χ2v) is 11.3. The molecule has 1 aromatic heterocycles. The third-order valence-corrected chi connectivity index (χ3v) is 9.32. The highest BCUT2D eigenvalue weighted by molar-refractivity contribution is 6.26. The van der Waals surface area contributed by atoms with Crippen molar-refractivity contribution in [3.8, 4) is 11.5 Å². The van der Waals surface area contributed by atoms with Crippen LogP contribution in [0, 0.1) is 25.7 Å². The van der Waals surface area contributed by atoms with E-state index < -0.39 is 29.3 Å². The fourth-order valence-corrected chi connectivity index (χ4v) is 7.26. The molecule has 4 aromatic rings. The van der Waals surface area contributed by atoms with Gasteiger partial charge in [0.25, 0.3) is 0 Å². The van der Waals surface area contributed by atoms with Crippen molar-refractivity contribution in [3.63, 3.8) is 0 Å². The zero-order chi connectivity index (χ0) is 28.0. The Hall–Kier alpha value is -4.63. The SMILES string of the molecule is Cc1ccc2c(c1C)NC(=O)C21NC(Cc2c[nH]c3ccccc23)[C@H]2C(=O)N(c3ccc4c(c3)OCCO4)C(=O)[C@H]21. The van der Waals surface area contributed by atoms with Gasteiger partial charge in [0, 0.05) is 40.5 Å². The van der Waals surface area contributed by atoms with Crippen molar-refractivity contribution in [3.05, 3.63) is 83.0 Å². The fourth-order valence-electron chi connectivity index (χ4n) is 7.26. The lowest BCUT2D eigenvalue weighted by molar-refractivity contribution is -0.130. The first kappa shape index (κ1) is 24.2. The number of rotatable bonds is 3. The summed E-state index contributed by atoms with van der Waals surface area (Å²) in [5.41, 5.74) is 4.48. The number of para-hydroxylation sites is 1. The molecular formula is C32H28N4O5. The normalized spacial score (nSPS) is 26.1. The van der Waals surface area contributed by atoms with Crippen molar-refractivity contribution in [2.45, 2.75) is 31.8 Å². The molecule has 0 radical (unpaired) electrons. The van der Waals surface area contributed by atoms with Crippen LogP contribution in [-0.4, -0.2) is 42.0 Å². The number of benzene rings is 3. The number of carbonyl (C=O) groups is 3.